The van der Waals surface area contributed by atoms with Gasteiger partial charge in [0.15, 0.2) is 0 Å². The van der Waals surface area contributed by atoms with Crippen molar-refractivity contribution >= 4 is 0 Å². The van der Waals surface area contributed by atoms with E-state index in [1.807, 2.05) is 7.11 Å². The largest absolute Gasteiger partial charge is 0.496 e. The van der Waals surface area contributed by atoms with Gasteiger partial charge >= 0.3 is 0 Å². The second kappa shape index (κ2) is 6.42. The molecule has 3 atom stereocenters. The lowest BCUT2D eigenvalue weighted by Crippen LogP contribution is -2.51. The molecule has 3 rings (SSSR count). The van der Waals surface area contributed by atoms with Crippen LogP contribution in [0.5, 0.6) is 5.75 Å². The van der Waals surface area contributed by atoms with Crippen molar-refractivity contribution < 1.29 is 14.6 Å². The molecule has 1 aromatic rings. The topological polar surface area (TPSA) is 41.9 Å². The Hall–Kier alpha value is -1.10. The number of hydrogen-bond donors (Lipinski definition) is 1. The SMILES string of the molecule is COc1ccc(CN2CC[C@]3(OC)CC[C@H](O)C[C@H]23)c(C)c1C. The van der Waals surface area contributed by atoms with Crippen LogP contribution in [0.3, 0.4) is 0 Å². The minimum Gasteiger partial charge on any atom is -0.496 e. The van der Waals surface area contributed by atoms with Gasteiger partial charge in [-0.25, -0.2) is 0 Å². The van der Waals surface area contributed by atoms with Gasteiger partial charge in [0, 0.05) is 26.2 Å². The second-order valence-electron chi connectivity index (χ2n) is 7.11. The molecule has 0 amide bonds. The number of likely N-dealkylation sites (tertiary alicyclic amines) is 1. The Balaban J connectivity index is 1.82. The van der Waals surface area contributed by atoms with Gasteiger partial charge in [-0.3, -0.25) is 4.90 Å². The smallest absolute Gasteiger partial charge is 0.122 e. The number of hydrogen-bond acceptors (Lipinski definition) is 4. The van der Waals surface area contributed by atoms with Gasteiger partial charge in [-0.05, 0) is 62.3 Å². The van der Waals surface area contributed by atoms with Gasteiger partial charge < -0.3 is 14.6 Å². The average Bonchev–Trinajstić information content (AvgIpc) is 2.91. The number of ether oxygens (including phenoxy) is 2. The van der Waals surface area contributed by atoms with Crippen molar-refractivity contribution in [3.63, 3.8) is 0 Å². The Kier molecular flexibility index (Phi) is 4.68. The highest BCUT2D eigenvalue weighted by molar-refractivity contribution is 5.43. The monoisotopic (exact) mass is 319 g/mol. The van der Waals surface area contributed by atoms with Gasteiger partial charge in [0.25, 0.3) is 0 Å². The Labute approximate surface area is 139 Å². The zero-order chi connectivity index (χ0) is 16.6. The Morgan fingerprint density at radius 3 is 2.70 bits per heavy atom. The molecule has 1 aliphatic carbocycles. The van der Waals surface area contributed by atoms with Gasteiger partial charge in [0.05, 0.1) is 18.8 Å². The summed E-state index contributed by atoms with van der Waals surface area (Å²) in [5.74, 6) is 0.951. The van der Waals surface area contributed by atoms with E-state index in [9.17, 15) is 5.11 Å². The third-order valence-electron chi connectivity index (χ3n) is 6.12. The molecule has 0 unspecified atom stereocenters. The molecule has 0 spiro atoms. The van der Waals surface area contributed by atoms with Crippen molar-refractivity contribution in [3.05, 3.63) is 28.8 Å². The molecule has 4 heteroatoms. The Morgan fingerprint density at radius 2 is 2.00 bits per heavy atom. The van der Waals surface area contributed by atoms with Crippen LogP contribution in [0, 0.1) is 13.8 Å². The zero-order valence-electron chi connectivity index (χ0n) is 14.8. The summed E-state index contributed by atoms with van der Waals surface area (Å²) >= 11 is 0. The predicted octanol–water partition coefficient (Wildman–Crippen LogP) is 2.82. The molecule has 1 N–H and O–H groups in total. The summed E-state index contributed by atoms with van der Waals surface area (Å²) in [5, 5.41) is 10.1. The second-order valence-corrected chi connectivity index (χ2v) is 7.11. The molecule has 0 aromatic heterocycles. The van der Waals surface area contributed by atoms with Crippen molar-refractivity contribution in [2.24, 2.45) is 0 Å². The van der Waals surface area contributed by atoms with Crippen LogP contribution in [0.4, 0.5) is 0 Å². The van der Waals surface area contributed by atoms with E-state index in [1.54, 1.807) is 7.11 Å². The van der Waals surface area contributed by atoms with Crippen LogP contribution in [-0.2, 0) is 11.3 Å². The van der Waals surface area contributed by atoms with E-state index in [1.165, 1.54) is 16.7 Å². The molecule has 128 valence electrons. The van der Waals surface area contributed by atoms with Crippen LogP contribution in [-0.4, -0.2) is 48.5 Å². The first-order chi connectivity index (χ1) is 11.0. The van der Waals surface area contributed by atoms with Crippen molar-refractivity contribution in [1.29, 1.82) is 0 Å². The standard InChI is InChI=1S/C19H29NO3/c1-13-14(2)17(22-3)6-5-15(13)12-20-10-9-19(23-4)8-7-16(21)11-18(19)20/h5-6,16,18,21H,7-12H2,1-4H3/t16-,18-,19+/m0/s1. The van der Waals surface area contributed by atoms with Crippen LogP contribution in [0.15, 0.2) is 12.1 Å². The van der Waals surface area contributed by atoms with Crippen LogP contribution < -0.4 is 4.74 Å². The number of rotatable bonds is 4. The van der Waals surface area contributed by atoms with Crippen molar-refractivity contribution in [2.75, 3.05) is 20.8 Å². The van der Waals surface area contributed by atoms with Gasteiger partial charge in [-0.2, -0.15) is 0 Å². The lowest BCUT2D eigenvalue weighted by molar-refractivity contribution is -0.0879. The first kappa shape index (κ1) is 16.7. The number of aliphatic hydroxyl groups is 1. The van der Waals surface area contributed by atoms with Crippen molar-refractivity contribution in [1.82, 2.24) is 4.90 Å². The van der Waals surface area contributed by atoms with E-state index in [-0.39, 0.29) is 11.7 Å². The molecular weight excluding hydrogens is 290 g/mol. The van der Waals surface area contributed by atoms with Crippen LogP contribution in [0.25, 0.3) is 0 Å². The third-order valence-corrected chi connectivity index (χ3v) is 6.12. The highest BCUT2D eigenvalue weighted by Crippen LogP contribution is 2.43. The van der Waals surface area contributed by atoms with Crippen LogP contribution in [0.1, 0.15) is 42.4 Å². The third kappa shape index (κ3) is 2.88. The fraction of sp³-hybridized carbons (Fsp3) is 0.684. The maximum atomic E-state index is 10.1. The first-order valence-corrected chi connectivity index (χ1v) is 8.61. The number of benzene rings is 1. The summed E-state index contributed by atoms with van der Waals surface area (Å²) < 4.78 is 11.4. The minimum atomic E-state index is -0.192. The summed E-state index contributed by atoms with van der Waals surface area (Å²) in [7, 11) is 3.55. The van der Waals surface area contributed by atoms with Crippen LogP contribution in [0.2, 0.25) is 0 Å². The molecule has 1 aliphatic heterocycles. The van der Waals surface area contributed by atoms with Crippen LogP contribution >= 0.6 is 0 Å². The van der Waals surface area contributed by atoms with Gasteiger partial charge in [-0.15, -0.1) is 0 Å². The van der Waals surface area contributed by atoms with E-state index in [2.05, 4.69) is 30.9 Å². The summed E-state index contributed by atoms with van der Waals surface area (Å²) in [6.45, 7) is 6.24. The normalized spacial score (nSPS) is 31.2. The maximum absolute atomic E-state index is 10.1. The molecule has 23 heavy (non-hydrogen) atoms. The molecule has 1 saturated heterocycles. The highest BCUT2D eigenvalue weighted by Gasteiger charge is 2.50. The lowest BCUT2D eigenvalue weighted by atomic mass is 9.79. The van der Waals surface area contributed by atoms with E-state index in [0.29, 0.717) is 6.04 Å². The fourth-order valence-electron chi connectivity index (χ4n) is 4.42. The molecule has 1 heterocycles. The van der Waals surface area contributed by atoms with E-state index >= 15 is 0 Å². The van der Waals surface area contributed by atoms with E-state index in [4.69, 9.17) is 9.47 Å². The lowest BCUT2D eigenvalue weighted by Gasteiger charge is -2.42. The van der Waals surface area contributed by atoms with E-state index in [0.717, 1.165) is 44.5 Å². The summed E-state index contributed by atoms with van der Waals surface area (Å²) in [5.41, 5.74) is 3.80. The quantitative estimate of drug-likeness (QED) is 0.926. The maximum Gasteiger partial charge on any atom is 0.122 e. The zero-order valence-corrected chi connectivity index (χ0v) is 14.8. The average molecular weight is 319 g/mol. The van der Waals surface area contributed by atoms with E-state index < -0.39 is 0 Å². The number of nitrogens with zero attached hydrogens (tertiary/aromatic N) is 1. The molecular formula is C19H29NO3. The van der Waals surface area contributed by atoms with Gasteiger partial charge in [-0.1, -0.05) is 6.07 Å². The summed E-state index contributed by atoms with van der Waals surface area (Å²) in [6, 6.07) is 4.55. The molecule has 0 bridgehead atoms. The number of fused-ring (bicyclic) bond motifs is 1. The Bertz CT molecular complexity index is 574. The number of methoxy groups -OCH3 is 2. The Morgan fingerprint density at radius 1 is 1.22 bits per heavy atom. The number of aliphatic hydroxyl groups excluding tert-OH is 1. The molecule has 4 nitrogen and oxygen atoms in total. The van der Waals surface area contributed by atoms with Gasteiger partial charge in [0.1, 0.15) is 5.75 Å². The van der Waals surface area contributed by atoms with Crippen molar-refractivity contribution in [3.8, 4) is 5.75 Å². The molecule has 1 saturated carbocycles. The predicted molar refractivity (Wildman–Crippen MR) is 90.9 cm³/mol. The minimum absolute atomic E-state index is 0.0609. The molecule has 1 aromatic carbocycles. The highest BCUT2D eigenvalue weighted by atomic mass is 16.5. The molecule has 2 aliphatic rings. The van der Waals surface area contributed by atoms with Gasteiger partial charge in [0.2, 0.25) is 0 Å². The van der Waals surface area contributed by atoms with Crippen molar-refractivity contribution in [2.45, 2.75) is 63.8 Å². The first-order valence-electron chi connectivity index (χ1n) is 8.61. The summed E-state index contributed by atoms with van der Waals surface area (Å²) in [4.78, 5) is 2.50. The molecule has 0 radical (unpaired) electrons. The molecule has 2 fully saturated rings. The fourth-order valence-corrected chi connectivity index (χ4v) is 4.42. The summed E-state index contributed by atoms with van der Waals surface area (Å²) in [6.07, 6.45) is 3.52.